The first-order valence-electron chi connectivity index (χ1n) is 7.74. The Morgan fingerprint density at radius 3 is 2.50 bits per heavy atom. The van der Waals surface area contributed by atoms with Gasteiger partial charge in [0.05, 0.1) is 5.33 Å². The molecule has 0 radical (unpaired) electrons. The zero-order valence-corrected chi connectivity index (χ0v) is 13.9. The summed E-state index contributed by atoms with van der Waals surface area (Å²) in [5.74, 6) is 1.66. The highest BCUT2D eigenvalue weighted by Crippen LogP contribution is 2.55. The Morgan fingerprint density at radius 2 is 1.86 bits per heavy atom. The van der Waals surface area contributed by atoms with Crippen LogP contribution in [0.25, 0.3) is 0 Å². The van der Waals surface area contributed by atoms with Gasteiger partial charge in [0.25, 0.3) is 0 Å². The van der Waals surface area contributed by atoms with Crippen LogP contribution in [0.2, 0.25) is 0 Å². The van der Waals surface area contributed by atoms with Gasteiger partial charge in [-0.05, 0) is 36.7 Å². The number of benzene rings is 1. The molecule has 0 aromatic heterocycles. The second-order valence-corrected chi connectivity index (χ2v) is 6.81. The second kappa shape index (κ2) is 6.82. The van der Waals surface area contributed by atoms with Gasteiger partial charge < -0.3 is 10.1 Å². The average molecular weight is 366 g/mol. The lowest BCUT2D eigenvalue weighted by atomic mass is 9.94. The van der Waals surface area contributed by atoms with Crippen molar-refractivity contribution in [3.63, 3.8) is 0 Å². The second-order valence-electron chi connectivity index (χ2n) is 6.25. The predicted molar refractivity (Wildman–Crippen MR) is 86.7 cm³/mol. The molecule has 2 aliphatic rings. The first kappa shape index (κ1) is 15.5. The smallest absolute Gasteiger partial charge is 0.408 e. The van der Waals surface area contributed by atoms with Crippen molar-refractivity contribution in [1.82, 2.24) is 5.32 Å². The van der Waals surface area contributed by atoms with Crippen molar-refractivity contribution in [2.45, 2.75) is 31.9 Å². The summed E-state index contributed by atoms with van der Waals surface area (Å²) >= 11 is 3.19. The molecule has 0 saturated heterocycles. The third-order valence-electron chi connectivity index (χ3n) is 4.67. The number of fused-ring (bicyclic) bond motifs is 1. The lowest BCUT2D eigenvalue weighted by molar-refractivity contribution is -0.127. The fraction of sp³-hybridized carbons (Fsp3) is 0.529. The molecule has 3 atom stereocenters. The fourth-order valence-electron chi connectivity index (χ4n) is 3.44. The van der Waals surface area contributed by atoms with Crippen LogP contribution in [0.5, 0.6) is 0 Å². The van der Waals surface area contributed by atoms with Crippen LogP contribution in [0.1, 0.15) is 24.8 Å². The maximum Gasteiger partial charge on any atom is 0.408 e. The summed E-state index contributed by atoms with van der Waals surface area (Å²) in [5.41, 5.74) is 1.00. The summed E-state index contributed by atoms with van der Waals surface area (Å²) in [6.07, 6.45) is 2.19. The SMILES string of the molecule is O=C(NCc1ccccc1)O[C@@H](C(=O)CBr)C1C[C@H]2C[C@@H]2C1. The van der Waals surface area contributed by atoms with E-state index in [9.17, 15) is 9.59 Å². The molecule has 3 rings (SSSR count). The maximum absolute atomic E-state index is 12.1. The minimum absolute atomic E-state index is 0.0406. The first-order valence-corrected chi connectivity index (χ1v) is 8.86. The summed E-state index contributed by atoms with van der Waals surface area (Å²) in [6.45, 7) is 0.408. The number of carbonyl (C=O) groups excluding carboxylic acids is 2. The van der Waals surface area contributed by atoms with Gasteiger partial charge in [-0.1, -0.05) is 46.3 Å². The van der Waals surface area contributed by atoms with Gasteiger partial charge in [-0.2, -0.15) is 0 Å². The van der Waals surface area contributed by atoms with Crippen LogP contribution in [-0.2, 0) is 16.1 Å². The van der Waals surface area contributed by atoms with E-state index < -0.39 is 12.2 Å². The number of ether oxygens (including phenoxy) is 1. The molecular weight excluding hydrogens is 346 g/mol. The highest BCUT2D eigenvalue weighted by molar-refractivity contribution is 9.09. The molecular formula is C17H20BrNO3. The molecule has 1 N–H and O–H groups in total. The zero-order chi connectivity index (χ0) is 15.5. The third-order valence-corrected chi connectivity index (χ3v) is 5.22. The Labute approximate surface area is 138 Å². The standard InChI is InChI=1S/C17H20BrNO3/c18-9-15(20)16(14-7-12-6-13(12)8-14)22-17(21)19-10-11-4-2-1-3-5-11/h1-5,12-14,16H,6-10H2,(H,19,21)/t12-,13-,16-/m1/s1. The summed E-state index contributed by atoms with van der Waals surface area (Å²) in [7, 11) is 0. The van der Waals surface area contributed by atoms with Crippen molar-refractivity contribution >= 4 is 27.8 Å². The molecule has 0 heterocycles. The number of halogens is 1. The van der Waals surface area contributed by atoms with Crippen LogP contribution in [0, 0.1) is 17.8 Å². The molecule has 0 aliphatic heterocycles. The monoisotopic (exact) mass is 365 g/mol. The molecule has 22 heavy (non-hydrogen) atoms. The zero-order valence-electron chi connectivity index (χ0n) is 12.3. The molecule has 1 amide bonds. The van der Waals surface area contributed by atoms with Crippen molar-refractivity contribution in [3.05, 3.63) is 35.9 Å². The van der Waals surface area contributed by atoms with Crippen molar-refractivity contribution in [2.75, 3.05) is 5.33 Å². The molecule has 1 aromatic carbocycles. The lowest BCUT2D eigenvalue weighted by Gasteiger charge is -2.23. The van der Waals surface area contributed by atoms with Crippen molar-refractivity contribution in [3.8, 4) is 0 Å². The van der Waals surface area contributed by atoms with Crippen LogP contribution in [0.3, 0.4) is 0 Å². The van der Waals surface area contributed by atoms with Crippen LogP contribution < -0.4 is 5.32 Å². The Balaban J connectivity index is 1.53. The highest BCUT2D eigenvalue weighted by Gasteiger charge is 2.50. The van der Waals surface area contributed by atoms with E-state index in [1.165, 1.54) is 6.42 Å². The molecule has 0 bridgehead atoms. The minimum Gasteiger partial charge on any atom is -0.438 e. The number of ketones is 1. The number of rotatable bonds is 6. The molecule has 2 fully saturated rings. The van der Waals surface area contributed by atoms with Gasteiger partial charge in [-0.25, -0.2) is 4.79 Å². The first-order chi connectivity index (χ1) is 10.7. The van der Waals surface area contributed by atoms with Crippen molar-refractivity contribution in [2.24, 2.45) is 17.8 Å². The number of alkyl halides is 1. The van der Waals surface area contributed by atoms with E-state index in [2.05, 4.69) is 21.2 Å². The molecule has 2 aliphatic carbocycles. The number of alkyl carbamates (subject to hydrolysis) is 1. The lowest BCUT2D eigenvalue weighted by Crippen LogP contribution is -2.38. The Morgan fingerprint density at radius 1 is 1.18 bits per heavy atom. The Hall–Kier alpha value is -1.36. The van der Waals surface area contributed by atoms with Gasteiger partial charge in [0, 0.05) is 12.5 Å². The van der Waals surface area contributed by atoms with Crippen LogP contribution >= 0.6 is 15.9 Å². The Bertz CT molecular complexity index is 538. The summed E-state index contributed by atoms with van der Waals surface area (Å²) in [6, 6.07) is 9.64. The summed E-state index contributed by atoms with van der Waals surface area (Å²) < 4.78 is 5.45. The summed E-state index contributed by atoms with van der Waals surface area (Å²) in [4.78, 5) is 24.1. The largest absolute Gasteiger partial charge is 0.438 e. The number of carbonyl (C=O) groups is 2. The quantitative estimate of drug-likeness (QED) is 0.786. The van der Waals surface area contributed by atoms with Crippen molar-refractivity contribution < 1.29 is 14.3 Å². The van der Waals surface area contributed by atoms with E-state index in [4.69, 9.17) is 4.74 Å². The number of nitrogens with one attached hydrogen (secondary N) is 1. The molecule has 0 spiro atoms. The Kier molecular flexibility index (Phi) is 4.81. The number of hydrogen-bond donors (Lipinski definition) is 1. The van der Waals surface area contributed by atoms with E-state index in [1.54, 1.807) is 0 Å². The van der Waals surface area contributed by atoms with E-state index in [1.807, 2.05) is 30.3 Å². The van der Waals surface area contributed by atoms with Crippen LogP contribution in [0.15, 0.2) is 30.3 Å². The van der Waals surface area contributed by atoms with Gasteiger partial charge in [0.15, 0.2) is 11.9 Å². The topological polar surface area (TPSA) is 55.4 Å². The number of hydrogen-bond acceptors (Lipinski definition) is 3. The predicted octanol–water partition coefficient (Wildman–Crippen LogP) is 3.29. The molecule has 5 heteroatoms. The van der Waals surface area contributed by atoms with E-state index in [-0.39, 0.29) is 17.0 Å². The van der Waals surface area contributed by atoms with E-state index in [0.29, 0.717) is 6.54 Å². The minimum atomic E-state index is -0.608. The number of amides is 1. The molecule has 4 nitrogen and oxygen atoms in total. The average Bonchev–Trinajstić information content (AvgIpc) is 3.16. The molecule has 118 valence electrons. The maximum atomic E-state index is 12.1. The summed E-state index contributed by atoms with van der Waals surface area (Å²) in [5, 5.41) is 2.96. The van der Waals surface area contributed by atoms with E-state index in [0.717, 1.165) is 30.2 Å². The normalized spacial score (nSPS) is 24.4. The molecule has 1 aromatic rings. The van der Waals surface area contributed by atoms with Crippen molar-refractivity contribution in [1.29, 1.82) is 0 Å². The van der Waals surface area contributed by atoms with Gasteiger partial charge in [-0.15, -0.1) is 0 Å². The van der Waals surface area contributed by atoms with Gasteiger partial charge in [0.1, 0.15) is 0 Å². The molecule has 0 unspecified atom stereocenters. The van der Waals surface area contributed by atoms with Gasteiger partial charge in [-0.3, -0.25) is 4.79 Å². The van der Waals surface area contributed by atoms with Crippen LogP contribution in [0.4, 0.5) is 4.79 Å². The number of Topliss-reactive ketones (excluding diaryl/α,β-unsaturated/α-hetero) is 1. The third kappa shape index (κ3) is 3.69. The van der Waals surface area contributed by atoms with Gasteiger partial charge in [0.2, 0.25) is 0 Å². The fourth-order valence-corrected chi connectivity index (χ4v) is 3.76. The highest BCUT2D eigenvalue weighted by atomic mass is 79.9. The van der Waals surface area contributed by atoms with E-state index >= 15 is 0 Å². The van der Waals surface area contributed by atoms with Crippen LogP contribution in [-0.4, -0.2) is 23.3 Å². The molecule has 2 saturated carbocycles. The van der Waals surface area contributed by atoms with Gasteiger partial charge >= 0.3 is 6.09 Å².